The maximum absolute atomic E-state index is 4.95. The zero-order valence-corrected chi connectivity index (χ0v) is 22.3. The molecule has 0 amide bonds. The molecule has 0 saturated heterocycles. The van der Waals surface area contributed by atoms with Crippen LogP contribution in [-0.4, -0.2) is 14.5 Å². The summed E-state index contributed by atoms with van der Waals surface area (Å²) in [5.41, 5.74) is 10.1. The molecule has 0 radical (unpaired) electrons. The SMILES string of the molecule is c1ccc(-c2ccc3c(c2)c2ccc(-c4nc5ccccc5s4)cc2n3-c2cccc(-c3ccccn3)c2)cc1. The molecular formula is C36H23N3S. The summed E-state index contributed by atoms with van der Waals surface area (Å²) in [5.74, 6) is 0. The molecule has 3 heterocycles. The van der Waals surface area contributed by atoms with Gasteiger partial charge in [-0.05, 0) is 65.7 Å². The van der Waals surface area contributed by atoms with E-state index in [-0.39, 0.29) is 0 Å². The third kappa shape index (κ3) is 3.81. The number of thiazole rings is 1. The summed E-state index contributed by atoms with van der Waals surface area (Å²) < 4.78 is 3.58. The maximum atomic E-state index is 4.95. The van der Waals surface area contributed by atoms with E-state index in [0.29, 0.717) is 0 Å². The molecule has 4 heteroatoms. The van der Waals surface area contributed by atoms with Crippen LogP contribution >= 0.6 is 11.3 Å². The third-order valence-corrected chi connectivity index (χ3v) is 8.56. The Morgan fingerprint density at radius 1 is 0.525 bits per heavy atom. The summed E-state index contributed by atoms with van der Waals surface area (Å²) in [6, 6.07) is 47.2. The monoisotopic (exact) mass is 529 g/mol. The zero-order valence-electron chi connectivity index (χ0n) is 21.5. The van der Waals surface area contributed by atoms with Gasteiger partial charge in [0.25, 0.3) is 0 Å². The Bertz CT molecular complexity index is 2130. The lowest BCUT2D eigenvalue weighted by Crippen LogP contribution is -1.95. The van der Waals surface area contributed by atoms with Crippen molar-refractivity contribution in [3.8, 4) is 38.6 Å². The molecule has 0 unspecified atom stereocenters. The van der Waals surface area contributed by atoms with Gasteiger partial charge in [-0.25, -0.2) is 4.98 Å². The molecule has 0 spiro atoms. The first-order valence-electron chi connectivity index (χ1n) is 13.3. The van der Waals surface area contributed by atoms with Crippen LogP contribution in [0.4, 0.5) is 0 Å². The molecule has 0 saturated carbocycles. The largest absolute Gasteiger partial charge is 0.309 e. The number of rotatable bonds is 4. The molecule has 40 heavy (non-hydrogen) atoms. The normalized spacial score (nSPS) is 11.5. The second-order valence-electron chi connectivity index (χ2n) is 9.92. The Morgan fingerprint density at radius 3 is 2.23 bits per heavy atom. The van der Waals surface area contributed by atoms with Gasteiger partial charge in [-0.1, -0.05) is 78.9 Å². The van der Waals surface area contributed by atoms with Crippen LogP contribution in [-0.2, 0) is 0 Å². The molecular weight excluding hydrogens is 506 g/mol. The lowest BCUT2D eigenvalue weighted by atomic mass is 10.0. The van der Waals surface area contributed by atoms with E-state index in [2.05, 4.69) is 125 Å². The van der Waals surface area contributed by atoms with E-state index in [9.17, 15) is 0 Å². The van der Waals surface area contributed by atoms with Crippen molar-refractivity contribution < 1.29 is 0 Å². The highest BCUT2D eigenvalue weighted by Gasteiger charge is 2.16. The summed E-state index contributed by atoms with van der Waals surface area (Å²) in [6.45, 7) is 0. The van der Waals surface area contributed by atoms with Crippen molar-refractivity contribution in [3.05, 3.63) is 140 Å². The van der Waals surface area contributed by atoms with E-state index in [1.807, 2.05) is 24.4 Å². The molecule has 0 fully saturated rings. The fraction of sp³-hybridized carbons (Fsp3) is 0. The molecule has 0 aliphatic rings. The fourth-order valence-electron chi connectivity index (χ4n) is 5.58. The minimum Gasteiger partial charge on any atom is -0.309 e. The number of hydrogen-bond acceptors (Lipinski definition) is 3. The first-order valence-corrected chi connectivity index (χ1v) is 14.1. The number of pyridine rings is 1. The highest BCUT2D eigenvalue weighted by Crippen LogP contribution is 2.39. The van der Waals surface area contributed by atoms with Gasteiger partial charge >= 0.3 is 0 Å². The molecule has 3 nitrogen and oxygen atoms in total. The van der Waals surface area contributed by atoms with E-state index in [1.165, 1.54) is 32.1 Å². The summed E-state index contributed by atoms with van der Waals surface area (Å²) in [6.07, 6.45) is 1.85. The molecule has 0 bridgehead atoms. The fourth-order valence-corrected chi connectivity index (χ4v) is 6.54. The van der Waals surface area contributed by atoms with Crippen molar-refractivity contribution in [2.75, 3.05) is 0 Å². The second-order valence-corrected chi connectivity index (χ2v) is 10.9. The van der Waals surface area contributed by atoms with E-state index in [0.717, 1.165) is 38.5 Å². The van der Waals surface area contributed by atoms with Gasteiger partial charge in [-0.2, -0.15) is 0 Å². The number of nitrogens with zero attached hydrogens (tertiary/aromatic N) is 3. The topological polar surface area (TPSA) is 30.7 Å². The number of fused-ring (bicyclic) bond motifs is 4. The third-order valence-electron chi connectivity index (χ3n) is 7.48. The minimum absolute atomic E-state index is 0.964. The standard InChI is InChI=1S/C36H23N3S/c1-2-9-24(10-3-1)25-17-19-33-30(22-25)29-18-16-27(36-38-32-14-4-5-15-35(32)40-36)23-34(29)39(33)28-12-8-11-26(21-28)31-13-6-7-20-37-31/h1-23H. The Balaban J connectivity index is 1.39. The predicted octanol–water partition coefficient (Wildman–Crippen LogP) is 9.79. The first kappa shape index (κ1) is 22.9. The van der Waals surface area contributed by atoms with Gasteiger partial charge in [0, 0.05) is 33.8 Å². The van der Waals surface area contributed by atoms with Crippen molar-refractivity contribution >= 4 is 43.4 Å². The van der Waals surface area contributed by atoms with Crippen LogP contribution in [0.5, 0.6) is 0 Å². The van der Waals surface area contributed by atoms with Crippen LogP contribution in [0.15, 0.2) is 140 Å². The number of para-hydroxylation sites is 1. The van der Waals surface area contributed by atoms with Crippen LogP contribution in [0, 0.1) is 0 Å². The van der Waals surface area contributed by atoms with E-state index in [4.69, 9.17) is 4.98 Å². The van der Waals surface area contributed by atoms with Crippen LogP contribution in [0.25, 0.3) is 70.7 Å². The van der Waals surface area contributed by atoms with Gasteiger partial charge in [0.1, 0.15) is 5.01 Å². The second kappa shape index (κ2) is 9.30. The number of hydrogen-bond donors (Lipinski definition) is 0. The molecule has 0 N–H and O–H groups in total. The zero-order chi connectivity index (χ0) is 26.5. The lowest BCUT2D eigenvalue weighted by Gasteiger charge is -2.11. The van der Waals surface area contributed by atoms with Crippen molar-refractivity contribution in [1.29, 1.82) is 0 Å². The maximum Gasteiger partial charge on any atom is 0.124 e. The molecule has 0 atom stereocenters. The van der Waals surface area contributed by atoms with E-state index >= 15 is 0 Å². The molecule has 5 aromatic carbocycles. The predicted molar refractivity (Wildman–Crippen MR) is 168 cm³/mol. The number of aromatic nitrogens is 3. The lowest BCUT2D eigenvalue weighted by molar-refractivity contribution is 1.18. The van der Waals surface area contributed by atoms with Crippen LogP contribution in [0.3, 0.4) is 0 Å². The molecule has 0 aliphatic heterocycles. The van der Waals surface area contributed by atoms with E-state index < -0.39 is 0 Å². The van der Waals surface area contributed by atoms with Crippen molar-refractivity contribution in [2.45, 2.75) is 0 Å². The Kier molecular flexibility index (Phi) is 5.32. The minimum atomic E-state index is 0.964. The molecule has 8 rings (SSSR count). The van der Waals surface area contributed by atoms with Crippen LogP contribution in [0.1, 0.15) is 0 Å². The first-order chi connectivity index (χ1) is 19.8. The molecule has 188 valence electrons. The average molecular weight is 530 g/mol. The Labute approximate surface area is 235 Å². The molecule has 3 aromatic heterocycles. The Hall–Kier alpha value is -5.06. The van der Waals surface area contributed by atoms with Crippen molar-refractivity contribution in [3.63, 3.8) is 0 Å². The van der Waals surface area contributed by atoms with Gasteiger partial charge in [0.05, 0.1) is 26.9 Å². The van der Waals surface area contributed by atoms with Crippen molar-refractivity contribution in [2.24, 2.45) is 0 Å². The molecule has 0 aliphatic carbocycles. The van der Waals surface area contributed by atoms with Gasteiger partial charge in [0.15, 0.2) is 0 Å². The smallest absolute Gasteiger partial charge is 0.124 e. The highest BCUT2D eigenvalue weighted by atomic mass is 32.1. The average Bonchev–Trinajstić information content (AvgIpc) is 3.61. The highest BCUT2D eigenvalue weighted by molar-refractivity contribution is 7.21. The van der Waals surface area contributed by atoms with Gasteiger partial charge in [0.2, 0.25) is 0 Å². The van der Waals surface area contributed by atoms with Gasteiger partial charge in [-0.3, -0.25) is 4.98 Å². The Morgan fingerprint density at radius 2 is 1.35 bits per heavy atom. The van der Waals surface area contributed by atoms with Gasteiger partial charge in [-0.15, -0.1) is 11.3 Å². The van der Waals surface area contributed by atoms with Gasteiger partial charge < -0.3 is 4.57 Å². The van der Waals surface area contributed by atoms with E-state index in [1.54, 1.807) is 11.3 Å². The van der Waals surface area contributed by atoms with Crippen molar-refractivity contribution in [1.82, 2.24) is 14.5 Å². The summed E-state index contributed by atoms with van der Waals surface area (Å²) in [4.78, 5) is 9.55. The summed E-state index contributed by atoms with van der Waals surface area (Å²) >= 11 is 1.74. The van der Waals surface area contributed by atoms with Crippen LogP contribution in [0.2, 0.25) is 0 Å². The molecule has 8 aromatic rings. The quantitative estimate of drug-likeness (QED) is 0.227. The van der Waals surface area contributed by atoms with Crippen LogP contribution < -0.4 is 0 Å². The summed E-state index contributed by atoms with van der Waals surface area (Å²) in [7, 11) is 0. The summed E-state index contributed by atoms with van der Waals surface area (Å²) in [5, 5.41) is 3.49. The number of benzene rings is 5.